The summed E-state index contributed by atoms with van der Waals surface area (Å²) < 4.78 is 11.0. The van der Waals surface area contributed by atoms with Crippen LogP contribution in [0.15, 0.2) is 11.6 Å². The first kappa shape index (κ1) is 8.68. The van der Waals surface area contributed by atoms with E-state index in [-0.39, 0.29) is 0 Å². The van der Waals surface area contributed by atoms with Crippen LogP contribution in [0.2, 0.25) is 0 Å². The monoisotopic (exact) mass is 170 g/mol. The van der Waals surface area contributed by atoms with Crippen LogP contribution in [-0.4, -0.2) is 9.54 Å². The molecule has 61 valence electrons. The number of thiazole rings is 1. The van der Waals surface area contributed by atoms with Gasteiger partial charge < -0.3 is 4.55 Å². The minimum Gasteiger partial charge on any atom is -0.589 e. The Hall–Kier alpha value is -0.410. The summed E-state index contributed by atoms with van der Waals surface area (Å²) in [5, 5.41) is 2.44. The zero-order valence-corrected chi connectivity index (χ0v) is 7.27. The second-order valence-electron chi connectivity index (χ2n) is 2.42. The van der Waals surface area contributed by atoms with E-state index in [4.69, 9.17) is 0 Å². The molecule has 0 bridgehead atoms. The molecular weight excluding hydrogens is 158 g/mol. The number of nitrogens with zero attached hydrogens (tertiary/aromatic N) is 1. The highest BCUT2D eigenvalue weighted by Crippen LogP contribution is 2.18. The van der Waals surface area contributed by atoms with Gasteiger partial charge in [0.15, 0.2) is 5.38 Å². The Balaban J connectivity index is 2.32. The van der Waals surface area contributed by atoms with Crippen LogP contribution >= 0.6 is 10.8 Å². The van der Waals surface area contributed by atoms with Crippen LogP contribution in [0.5, 0.6) is 0 Å². The van der Waals surface area contributed by atoms with Gasteiger partial charge in [-0.2, -0.15) is 0 Å². The van der Waals surface area contributed by atoms with Crippen LogP contribution in [0.4, 0.5) is 0 Å². The van der Waals surface area contributed by atoms with Crippen LogP contribution < -0.4 is 0 Å². The summed E-state index contributed by atoms with van der Waals surface area (Å²) in [5.74, 6) is 0. The predicted molar refractivity (Wildman–Crippen MR) is 45.8 cm³/mol. The SMILES string of the molecule is [CH2]CCCCc1ncc[s+]1[O-]. The molecule has 1 aromatic heterocycles. The third kappa shape index (κ3) is 2.60. The Labute approximate surface area is 70.1 Å². The number of aromatic nitrogens is 1. The van der Waals surface area contributed by atoms with Gasteiger partial charge in [-0.1, -0.05) is 19.8 Å². The van der Waals surface area contributed by atoms with Gasteiger partial charge in [0.1, 0.15) is 0 Å². The van der Waals surface area contributed by atoms with E-state index in [9.17, 15) is 4.55 Å². The Bertz CT molecular complexity index is 210. The number of aryl methyl sites for hydroxylation is 1. The van der Waals surface area contributed by atoms with Crippen molar-refractivity contribution in [3.63, 3.8) is 0 Å². The molecule has 0 N–H and O–H groups in total. The van der Waals surface area contributed by atoms with Crippen molar-refractivity contribution in [2.75, 3.05) is 0 Å². The van der Waals surface area contributed by atoms with E-state index in [0.29, 0.717) is 0 Å². The topological polar surface area (TPSA) is 36.0 Å². The molecule has 1 heterocycles. The average Bonchev–Trinajstić information content (AvgIpc) is 2.37. The molecule has 0 amide bonds. The molecule has 0 saturated carbocycles. The lowest BCUT2D eigenvalue weighted by atomic mass is 10.2. The number of unbranched alkanes of at least 4 members (excludes halogenated alkanes) is 2. The molecule has 0 fully saturated rings. The molecule has 1 aromatic rings. The third-order valence-corrected chi connectivity index (χ3v) is 2.67. The first-order valence-corrected chi connectivity index (χ1v) is 4.99. The minimum absolute atomic E-state index is 0.818. The normalized spacial score (nSPS) is 12.0. The van der Waals surface area contributed by atoms with Crippen LogP contribution in [-0.2, 0) is 6.42 Å². The highest BCUT2D eigenvalue weighted by Gasteiger charge is 2.04. The molecule has 0 aliphatic heterocycles. The standard InChI is InChI=1S/C8H12NOS/c1-2-3-4-5-8-9-6-7-11(8)10/h6-7H,1-5H2. The molecule has 0 saturated heterocycles. The van der Waals surface area contributed by atoms with E-state index in [1.807, 2.05) is 0 Å². The Kier molecular flexibility index (Phi) is 3.52. The Morgan fingerprint density at radius 1 is 1.55 bits per heavy atom. The smallest absolute Gasteiger partial charge is 0.241 e. The van der Waals surface area contributed by atoms with Gasteiger partial charge in [-0.15, -0.1) is 0 Å². The molecule has 1 unspecified atom stereocenters. The average molecular weight is 170 g/mol. The third-order valence-electron chi connectivity index (χ3n) is 1.53. The molecule has 11 heavy (non-hydrogen) atoms. The fourth-order valence-corrected chi connectivity index (χ4v) is 1.76. The summed E-state index contributed by atoms with van der Waals surface area (Å²) in [5.41, 5.74) is 0. The summed E-state index contributed by atoms with van der Waals surface area (Å²) in [7, 11) is -0.915. The van der Waals surface area contributed by atoms with Crippen LogP contribution in [0.25, 0.3) is 0 Å². The van der Waals surface area contributed by atoms with E-state index < -0.39 is 10.8 Å². The summed E-state index contributed by atoms with van der Waals surface area (Å²) >= 11 is 0. The van der Waals surface area contributed by atoms with Crippen molar-refractivity contribution in [3.8, 4) is 0 Å². The molecule has 3 heteroatoms. The van der Waals surface area contributed by atoms with Crippen molar-refractivity contribution in [2.45, 2.75) is 25.7 Å². The van der Waals surface area contributed by atoms with Crippen molar-refractivity contribution >= 4 is 10.8 Å². The van der Waals surface area contributed by atoms with Crippen molar-refractivity contribution in [1.29, 1.82) is 0 Å². The number of rotatable bonds is 4. The van der Waals surface area contributed by atoms with E-state index in [2.05, 4.69) is 11.9 Å². The van der Waals surface area contributed by atoms with E-state index in [1.54, 1.807) is 11.6 Å². The van der Waals surface area contributed by atoms with E-state index in [0.717, 1.165) is 30.7 Å². The zero-order valence-electron chi connectivity index (χ0n) is 6.45. The largest absolute Gasteiger partial charge is 0.589 e. The van der Waals surface area contributed by atoms with Crippen LogP contribution in [0.3, 0.4) is 0 Å². The molecule has 0 aliphatic rings. The van der Waals surface area contributed by atoms with Crippen molar-refractivity contribution in [2.24, 2.45) is 0 Å². The van der Waals surface area contributed by atoms with Crippen molar-refractivity contribution in [1.82, 2.24) is 4.98 Å². The molecule has 0 spiro atoms. The van der Waals surface area contributed by atoms with Gasteiger partial charge in [0.05, 0.1) is 6.20 Å². The zero-order chi connectivity index (χ0) is 8.10. The first-order valence-electron chi connectivity index (χ1n) is 3.78. The quantitative estimate of drug-likeness (QED) is 0.513. The maximum Gasteiger partial charge on any atom is 0.241 e. The molecule has 1 rings (SSSR count). The first-order chi connectivity index (χ1) is 5.34. The van der Waals surface area contributed by atoms with Gasteiger partial charge in [-0.05, 0) is 17.2 Å². The van der Waals surface area contributed by atoms with Crippen LogP contribution in [0.1, 0.15) is 24.3 Å². The van der Waals surface area contributed by atoms with Crippen molar-refractivity contribution in [3.05, 3.63) is 23.5 Å². The lowest BCUT2D eigenvalue weighted by molar-refractivity contribution is 0.593. The molecular formula is C8H12NOS. The van der Waals surface area contributed by atoms with Gasteiger partial charge >= 0.3 is 0 Å². The van der Waals surface area contributed by atoms with Crippen molar-refractivity contribution < 1.29 is 4.55 Å². The second kappa shape index (κ2) is 4.46. The van der Waals surface area contributed by atoms with Gasteiger partial charge in [-0.25, -0.2) is 4.98 Å². The summed E-state index contributed by atoms with van der Waals surface area (Å²) in [6, 6.07) is 0. The molecule has 1 radical (unpaired) electrons. The number of hydrogen-bond donors (Lipinski definition) is 0. The van der Waals surface area contributed by atoms with Gasteiger partial charge in [0.2, 0.25) is 5.01 Å². The molecule has 2 nitrogen and oxygen atoms in total. The highest BCUT2D eigenvalue weighted by atomic mass is 32.2. The fraction of sp³-hybridized carbons (Fsp3) is 0.500. The summed E-state index contributed by atoms with van der Waals surface area (Å²) in [6.07, 6.45) is 5.57. The maximum atomic E-state index is 11.0. The van der Waals surface area contributed by atoms with Gasteiger partial charge in [0.25, 0.3) is 0 Å². The number of hydrogen-bond acceptors (Lipinski definition) is 2. The molecule has 0 aromatic carbocycles. The van der Waals surface area contributed by atoms with E-state index in [1.165, 1.54) is 0 Å². The molecule has 0 aliphatic carbocycles. The van der Waals surface area contributed by atoms with Gasteiger partial charge in [-0.3, -0.25) is 0 Å². The Morgan fingerprint density at radius 3 is 2.91 bits per heavy atom. The lowest BCUT2D eigenvalue weighted by Gasteiger charge is -1.94. The minimum atomic E-state index is -0.915. The van der Waals surface area contributed by atoms with E-state index >= 15 is 0 Å². The summed E-state index contributed by atoms with van der Waals surface area (Å²) in [4.78, 5) is 4.00. The maximum absolute atomic E-state index is 11.0. The second-order valence-corrected chi connectivity index (χ2v) is 3.75. The Morgan fingerprint density at radius 2 is 2.36 bits per heavy atom. The van der Waals surface area contributed by atoms with Crippen LogP contribution in [0, 0.1) is 6.92 Å². The van der Waals surface area contributed by atoms with Gasteiger partial charge in [0, 0.05) is 6.42 Å². The predicted octanol–water partition coefficient (Wildman–Crippen LogP) is 2.36. The lowest BCUT2D eigenvalue weighted by Crippen LogP contribution is -1.84. The molecule has 1 atom stereocenters. The summed E-state index contributed by atoms with van der Waals surface area (Å²) in [6.45, 7) is 3.74. The highest BCUT2D eigenvalue weighted by molar-refractivity contribution is 7.23. The fourth-order valence-electron chi connectivity index (χ4n) is 0.917.